The second-order valence-electron chi connectivity index (χ2n) is 4.56. The summed E-state index contributed by atoms with van der Waals surface area (Å²) in [4.78, 5) is 16.0. The van der Waals surface area contributed by atoms with Crippen molar-refractivity contribution in [3.8, 4) is 11.3 Å². The van der Waals surface area contributed by atoms with Crippen LogP contribution >= 0.6 is 23.7 Å². The van der Waals surface area contributed by atoms with Gasteiger partial charge < -0.3 is 11.1 Å². The maximum Gasteiger partial charge on any atom is 0.225 e. The van der Waals surface area contributed by atoms with Gasteiger partial charge in [0.2, 0.25) is 5.91 Å². The average molecular weight is 312 g/mol. The van der Waals surface area contributed by atoms with Crippen LogP contribution in [-0.4, -0.2) is 16.9 Å². The zero-order chi connectivity index (χ0) is 13.8. The van der Waals surface area contributed by atoms with Crippen molar-refractivity contribution in [1.29, 1.82) is 0 Å². The van der Waals surface area contributed by atoms with E-state index in [2.05, 4.69) is 10.3 Å². The first-order valence-electron chi connectivity index (χ1n) is 6.12. The Bertz CT molecular complexity index is 566. The normalized spacial score (nSPS) is 11.6. The van der Waals surface area contributed by atoms with Crippen molar-refractivity contribution in [1.82, 2.24) is 4.98 Å². The number of aryl methyl sites for hydroxylation is 1. The number of amides is 1. The van der Waals surface area contributed by atoms with E-state index < -0.39 is 0 Å². The highest BCUT2D eigenvalue weighted by Crippen LogP contribution is 2.23. The van der Waals surface area contributed by atoms with Crippen molar-refractivity contribution in [3.05, 3.63) is 34.7 Å². The third-order valence-electron chi connectivity index (χ3n) is 2.59. The standard InChI is InChI=1S/C14H17N3OS.ClH/c1-9(15)7-14(18)17-12-5-3-11(4-6-12)13-8-19-10(2)16-13;/h3-6,8-9H,7,15H2,1-2H3,(H,17,18);1H. The molecule has 1 atom stereocenters. The van der Waals surface area contributed by atoms with E-state index in [-0.39, 0.29) is 24.4 Å². The molecule has 1 unspecified atom stereocenters. The van der Waals surface area contributed by atoms with Gasteiger partial charge in [0, 0.05) is 29.1 Å². The minimum absolute atomic E-state index is 0. The number of nitrogens with two attached hydrogens (primary N) is 1. The van der Waals surface area contributed by atoms with E-state index >= 15 is 0 Å². The summed E-state index contributed by atoms with van der Waals surface area (Å²) in [5.74, 6) is -0.0627. The Morgan fingerprint density at radius 1 is 1.40 bits per heavy atom. The number of anilines is 1. The monoisotopic (exact) mass is 311 g/mol. The van der Waals surface area contributed by atoms with Crippen molar-refractivity contribution < 1.29 is 4.79 Å². The van der Waals surface area contributed by atoms with Crippen molar-refractivity contribution in [2.24, 2.45) is 5.73 Å². The molecule has 108 valence electrons. The summed E-state index contributed by atoms with van der Waals surface area (Å²) in [6.45, 7) is 3.80. The number of benzene rings is 1. The van der Waals surface area contributed by atoms with Gasteiger partial charge in [-0.1, -0.05) is 12.1 Å². The molecule has 0 aliphatic carbocycles. The molecule has 0 saturated carbocycles. The van der Waals surface area contributed by atoms with Gasteiger partial charge in [0.1, 0.15) is 0 Å². The molecule has 6 heteroatoms. The first kappa shape index (κ1) is 16.6. The first-order chi connectivity index (χ1) is 9.04. The molecule has 0 aliphatic rings. The second-order valence-corrected chi connectivity index (χ2v) is 5.62. The van der Waals surface area contributed by atoms with Crippen LogP contribution in [0.4, 0.5) is 5.69 Å². The predicted molar refractivity (Wildman–Crippen MR) is 86.4 cm³/mol. The van der Waals surface area contributed by atoms with Gasteiger partial charge in [-0.2, -0.15) is 0 Å². The van der Waals surface area contributed by atoms with Crippen LogP contribution in [0, 0.1) is 6.92 Å². The second kappa shape index (κ2) is 7.38. The molecule has 4 nitrogen and oxygen atoms in total. The van der Waals surface area contributed by atoms with Gasteiger partial charge in [-0.3, -0.25) is 4.79 Å². The lowest BCUT2D eigenvalue weighted by molar-refractivity contribution is -0.116. The van der Waals surface area contributed by atoms with Crippen molar-refractivity contribution >= 4 is 35.3 Å². The quantitative estimate of drug-likeness (QED) is 0.911. The van der Waals surface area contributed by atoms with E-state index in [0.717, 1.165) is 22.0 Å². The Labute approximate surface area is 128 Å². The summed E-state index contributed by atoms with van der Waals surface area (Å²) >= 11 is 1.63. The lowest BCUT2D eigenvalue weighted by atomic mass is 10.1. The largest absolute Gasteiger partial charge is 0.327 e. The summed E-state index contributed by atoms with van der Waals surface area (Å²) in [7, 11) is 0. The smallest absolute Gasteiger partial charge is 0.225 e. The van der Waals surface area contributed by atoms with E-state index in [1.807, 2.05) is 43.5 Å². The highest BCUT2D eigenvalue weighted by atomic mass is 35.5. The van der Waals surface area contributed by atoms with E-state index in [4.69, 9.17) is 5.73 Å². The fraction of sp³-hybridized carbons (Fsp3) is 0.286. The lowest BCUT2D eigenvalue weighted by Crippen LogP contribution is -2.23. The molecule has 0 aliphatic heterocycles. The molecule has 1 amide bonds. The summed E-state index contributed by atoms with van der Waals surface area (Å²) < 4.78 is 0. The maximum absolute atomic E-state index is 11.6. The molecule has 0 fully saturated rings. The molecule has 0 spiro atoms. The van der Waals surface area contributed by atoms with Crippen LogP contribution in [0.2, 0.25) is 0 Å². The Morgan fingerprint density at radius 2 is 2.05 bits per heavy atom. The van der Waals surface area contributed by atoms with Gasteiger partial charge in [0.15, 0.2) is 0 Å². The van der Waals surface area contributed by atoms with E-state index in [1.165, 1.54) is 0 Å². The zero-order valence-corrected chi connectivity index (χ0v) is 13.1. The van der Waals surface area contributed by atoms with Crippen LogP contribution in [0.5, 0.6) is 0 Å². The third-order valence-corrected chi connectivity index (χ3v) is 3.36. The van der Waals surface area contributed by atoms with Crippen LogP contribution in [0.25, 0.3) is 11.3 Å². The number of hydrogen-bond donors (Lipinski definition) is 2. The highest BCUT2D eigenvalue weighted by molar-refractivity contribution is 7.09. The first-order valence-corrected chi connectivity index (χ1v) is 7.00. The number of halogens is 1. The van der Waals surface area contributed by atoms with Crippen LogP contribution in [0.15, 0.2) is 29.6 Å². The van der Waals surface area contributed by atoms with Crippen LogP contribution in [0.3, 0.4) is 0 Å². The van der Waals surface area contributed by atoms with Crippen LogP contribution in [0.1, 0.15) is 18.4 Å². The van der Waals surface area contributed by atoms with Gasteiger partial charge >= 0.3 is 0 Å². The van der Waals surface area contributed by atoms with Crippen molar-refractivity contribution in [3.63, 3.8) is 0 Å². The molecule has 2 rings (SSSR count). The molecule has 0 saturated heterocycles. The molecule has 1 aromatic carbocycles. The van der Waals surface area contributed by atoms with Crippen LogP contribution in [-0.2, 0) is 4.79 Å². The number of thiazole rings is 1. The Kier molecular flexibility index (Phi) is 6.13. The molecule has 1 heterocycles. The summed E-state index contributed by atoms with van der Waals surface area (Å²) in [5.41, 5.74) is 8.38. The van der Waals surface area contributed by atoms with Gasteiger partial charge in [-0.15, -0.1) is 23.7 Å². The third kappa shape index (κ3) is 4.59. The number of nitrogens with one attached hydrogen (secondary N) is 1. The molecular weight excluding hydrogens is 294 g/mol. The maximum atomic E-state index is 11.6. The molecule has 2 aromatic rings. The van der Waals surface area contributed by atoms with Crippen molar-refractivity contribution in [2.75, 3.05) is 5.32 Å². The SMILES string of the molecule is Cc1nc(-c2ccc(NC(=O)CC(C)N)cc2)cs1.Cl. The number of nitrogens with zero attached hydrogens (tertiary/aromatic N) is 1. The molecule has 0 radical (unpaired) electrons. The molecule has 3 N–H and O–H groups in total. The minimum atomic E-state index is -0.128. The predicted octanol–water partition coefficient (Wildman–Crippen LogP) is 3.22. The number of aromatic nitrogens is 1. The molecule has 20 heavy (non-hydrogen) atoms. The number of carbonyl (C=O) groups is 1. The number of rotatable bonds is 4. The Hall–Kier alpha value is -1.43. The minimum Gasteiger partial charge on any atom is -0.327 e. The average Bonchev–Trinajstić information content (AvgIpc) is 2.75. The lowest BCUT2D eigenvalue weighted by Gasteiger charge is -2.07. The van der Waals surface area contributed by atoms with Gasteiger partial charge in [-0.25, -0.2) is 4.98 Å². The van der Waals surface area contributed by atoms with Crippen LogP contribution < -0.4 is 11.1 Å². The number of carbonyl (C=O) groups excluding carboxylic acids is 1. The van der Waals surface area contributed by atoms with Crippen molar-refractivity contribution in [2.45, 2.75) is 26.3 Å². The number of hydrogen-bond acceptors (Lipinski definition) is 4. The zero-order valence-electron chi connectivity index (χ0n) is 11.4. The van der Waals surface area contributed by atoms with E-state index in [1.54, 1.807) is 11.3 Å². The summed E-state index contributed by atoms with van der Waals surface area (Å²) in [6, 6.07) is 7.54. The molecular formula is C14H18ClN3OS. The summed E-state index contributed by atoms with van der Waals surface area (Å²) in [5, 5.41) is 5.89. The molecule has 1 aromatic heterocycles. The van der Waals surface area contributed by atoms with E-state index in [0.29, 0.717) is 6.42 Å². The van der Waals surface area contributed by atoms with E-state index in [9.17, 15) is 4.79 Å². The Balaban J connectivity index is 0.00000200. The molecule has 0 bridgehead atoms. The summed E-state index contributed by atoms with van der Waals surface area (Å²) in [6.07, 6.45) is 0.326. The fourth-order valence-corrected chi connectivity index (χ4v) is 2.35. The fourth-order valence-electron chi connectivity index (χ4n) is 1.72. The topological polar surface area (TPSA) is 68.0 Å². The van der Waals surface area contributed by atoms with Gasteiger partial charge in [0.25, 0.3) is 0 Å². The van der Waals surface area contributed by atoms with Gasteiger partial charge in [-0.05, 0) is 26.0 Å². The highest BCUT2D eigenvalue weighted by Gasteiger charge is 2.06. The Morgan fingerprint density at radius 3 is 2.55 bits per heavy atom. The van der Waals surface area contributed by atoms with Gasteiger partial charge in [0.05, 0.1) is 10.7 Å².